The zero-order valence-corrected chi connectivity index (χ0v) is 18.4. The Morgan fingerprint density at radius 1 is 1.20 bits per heavy atom. The zero-order valence-electron chi connectivity index (χ0n) is 18.4. The first-order chi connectivity index (χ1) is 14.4. The average molecular weight is 406 g/mol. The Bertz CT molecular complexity index is 957. The number of benzene rings is 1. The predicted molar refractivity (Wildman–Crippen MR) is 117 cm³/mol. The molecule has 1 aromatic heterocycles. The van der Waals surface area contributed by atoms with E-state index in [1.165, 1.54) is 0 Å². The second kappa shape index (κ2) is 8.23. The van der Waals surface area contributed by atoms with Gasteiger partial charge in [-0.3, -0.25) is 14.4 Å². The van der Waals surface area contributed by atoms with Gasteiger partial charge in [-0.15, -0.1) is 0 Å². The summed E-state index contributed by atoms with van der Waals surface area (Å²) >= 11 is 0. The van der Waals surface area contributed by atoms with Crippen molar-refractivity contribution in [3.8, 4) is 17.3 Å². The minimum Gasteiger partial charge on any atom is -0.345 e. The summed E-state index contributed by atoms with van der Waals surface area (Å²) in [5.41, 5.74) is 4.27. The fraction of sp³-hybridized carbons (Fsp3) is 0.542. The summed E-state index contributed by atoms with van der Waals surface area (Å²) in [5, 5.41) is 17.2. The van der Waals surface area contributed by atoms with Gasteiger partial charge in [-0.25, -0.2) is 0 Å². The fourth-order valence-corrected chi connectivity index (χ4v) is 4.30. The van der Waals surface area contributed by atoms with E-state index in [-0.39, 0.29) is 18.0 Å². The van der Waals surface area contributed by atoms with Crippen LogP contribution < -0.4 is 5.32 Å². The molecule has 2 fully saturated rings. The van der Waals surface area contributed by atoms with Gasteiger partial charge in [0.05, 0.1) is 23.4 Å². The maximum Gasteiger partial charge on any atom is 0.270 e. The number of nitrogens with one attached hydrogen (secondary N) is 1. The van der Waals surface area contributed by atoms with Crippen molar-refractivity contribution >= 4 is 5.91 Å². The topological polar surface area (TPSA) is 74.0 Å². The Balaban J connectivity index is 1.62. The molecule has 0 unspecified atom stereocenters. The van der Waals surface area contributed by atoms with Gasteiger partial charge in [-0.2, -0.15) is 10.4 Å². The molecule has 6 nitrogen and oxygen atoms in total. The predicted octanol–water partition coefficient (Wildman–Crippen LogP) is 3.95. The van der Waals surface area contributed by atoms with Crippen LogP contribution in [0.3, 0.4) is 0 Å². The van der Waals surface area contributed by atoms with Gasteiger partial charge in [0, 0.05) is 36.8 Å². The number of hydrogen-bond acceptors (Lipinski definition) is 4. The third kappa shape index (κ3) is 4.13. The van der Waals surface area contributed by atoms with E-state index >= 15 is 0 Å². The zero-order chi connectivity index (χ0) is 21.4. The fourth-order valence-electron chi connectivity index (χ4n) is 4.30. The number of likely N-dealkylation sites (tertiary alicyclic amines) is 1. The third-order valence-electron chi connectivity index (χ3n) is 5.84. The van der Waals surface area contributed by atoms with Crippen LogP contribution in [0.4, 0.5) is 0 Å². The quantitative estimate of drug-likeness (QED) is 0.757. The van der Waals surface area contributed by atoms with Crippen molar-refractivity contribution in [1.82, 2.24) is 20.0 Å². The summed E-state index contributed by atoms with van der Waals surface area (Å²) in [6.07, 6.45) is 2.19. The van der Waals surface area contributed by atoms with Gasteiger partial charge in [0.2, 0.25) is 0 Å². The molecule has 0 bridgehead atoms. The van der Waals surface area contributed by atoms with Crippen molar-refractivity contribution in [2.24, 2.45) is 5.92 Å². The Labute approximate surface area is 178 Å². The number of carbonyl (C=O) groups is 1. The van der Waals surface area contributed by atoms with Crippen LogP contribution >= 0.6 is 0 Å². The van der Waals surface area contributed by atoms with E-state index in [1.54, 1.807) is 0 Å². The largest absolute Gasteiger partial charge is 0.345 e. The normalized spacial score (nSPS) is 17.2. The highest BCUT2D eigenvalue weighted by molar-refractivity contribution is 5.96. The molecule has 1 aliphatic carbocycles. The highest BCUT2D eigenvalue weighted by atomic mass is 16.2. The number of nitriles is 1. The summed E-state index contributed by atoms with van der Waals surface area (Å²) in [6, 6.07) is 9.98. The molecule has 4 rings (SSSR count). The van der Waals surface area contributed by atoms with Gasteiger partial charge in [0.15, 0.2) is 0 Å². The maximum absolute atomic E-state index is 13.4. The Hall–Kier alpha value is -2.65. The number of hydrogen-bond donors (Lipinski definition) is 1. The van der Waals surface area contributed by atoms with Gasteiger partial charge in [0.25, 0.3) is 5.91 Å². The molecule has 2 aliphatic rings. The van der Waals surface area contributed by atoms with E-state index in [9.17, 15) is 4.79 Å². The standard InChI is InChI=1S/C24H31N5O/c1-15(2)12-28-13-20(14-28)26-24(30)23-21(18-9-10-18)22(27-29(23)16(3)4)19-7-5-17(11-25)6-8-19/h5-8,15-16,18,20H,9-10,12-14H2,1-4H3,(H,26,30). The lowest BCUT2D eigenvalue weighted by molar-refractivity contribution is 0.0771. The van der Waals surface area contributed by atoms with Crippen molar-refractivity contribution in [2.45, 2.75) is 58.5 Å². The molecule has 0 atom stereocenters. The number of carbonyl (C=O) groups excluding carboxylic acids is 1. The monoisotopic (exact) mass is 405 g/mol. The van der Waals surface area contributed by atoms with E-state index in [1.807, 2.05) is 28.9 Å². The molecule has 1 saturated carbocycles. The number of aromatic nitrogens is 2. The van der Waals surface area contributed by atoms with E-state index in [0.29, 0.717) is 23.1 Å². The third-order valence-corrected chi connectivity index (χ3v) is 5.84. The molecule has 1 aromatic carbocycles. The first-order valence-corrected chi connectivity index (χ1v) is 11.0. The molecule has 1 amide bonds. The summed E-state index contributed by atoms with van der Waals surface area (Å²) < 4.78 is 1.89. The Kier molecular flexibility index (Phi) is 5.66. The van der Waals surface area contributed by atoms with E-state index < -0.39 is 0 Å². The van der Waals surface area contributed by atoms with Crippen LogP contribution in [-0.4, -0.2) is 46.3 Å². The van der Waals surface area contributed by atoms with E-state index in [4.69, 9.17) is 10.4 Å². The lowest BCUT2D eigenvalue weighted by atomic mass is 10.00. The molecule has 6 heteroatoms. The highest BCUT2D eigenvalue weighted by Gasteiger charge is 2.37. The van der Waals surface area contributed by atoms with Crippen LogP contribution in [-0.2, 0) is 0 Å². The van der Waals surface area contributed by atoms with Crippen molar-refractivity contribution < 1.29 is 4.79 Å². The van der Waals surface area contributed by atoms with Crippen molar-refractivity contribution in [3.05, 3.63) is 41.1 Å². The molecule has 1 aliphatic heterocycles. The average Bonchev–Trinajstić information content (AvgIpc) is 3.44. The van der Waals surface area contributed by atoms with Crippen molar-refractivity contribution in [3.63, 3.8) is 0 Å². The number of amides is 1. The maximum atomic E-state index is 13.4. The first kappa shape index (κ1) is 20.6. The molecule has 2 aromatic rings. The molecular weight excluding hydrogens is 374 g/mol. The van der Waals surface area contributed by atoms with Crippen LogP contribution in [0.1, 0.15) is 74.1 Å². The molecule has 2 heterocycles. The smallest absolute Gasteiger partial charge is 0.270 e. The molecular formula is C24H31N5O. The lowest BCUT2D eigenvalue weighted by Crippen LogP contribution is -2.60. The molecule has 158 valence electrons. The second-order valence-corrected chi connectivity index (χ2v) is 9.40. The van der Waals surface area contributed by atoms with Crippen molar-refractivity contribution in [2.75, 3.05) is 19.6 Å². The van der Waals surface area contributed by atoms with Crippen LogP contribution in [0, 0.1) is 17.2 Å². The highest BCUT2D eigenvalue weighted by Crippen LogP contribution is 2.46. The van der Waals surface area contributed by atoms with Crippen LogP contribution in [0.15, 0.2) is 24.3 Å². The van der Waals surface area contributed by atoms with Gasteiger partial charge < -0.3 is 5.32 Å². The lowest BCUT2D eigenvalue weighted by Gasteiger charge is -2.40. The SMILES string of the molecule is CC(C)CN1CC(NC(=O)c2c(C3CC3)c(-c3ccc(C#N)cc3)nn2C(C)C)C1. The summed E-state index contributed by atoms with van der Waals surface area (Å²) in [6.45, 7) is 11.5. The van der Waals surface area contributed by atoms with Gasteiger partial charge in [-0.1, -0.05) is 26.0 Å². The first-order valence-electron chi connectivity index (χ1n) is 11.0. The summed E-state index contributed by atoms with van der Waals surface area (Å²) in [5.74, 6) is 1.02. The minimum atomic E-state index is -0.00723. The van der Waals surface area contributed by atoms with Crippen LogP contribution in [0.25, 0.3) is 11.3 Å². The molecule has 30 heavy (non-hydrogen) atoms. The second-order valence-electron chi connectivity index (χ2n) is 9.40. The molecule has 0 radical (unpaired) electrons. The molecule has 1 saturated heterocycles. The van der Waals surface area contributed by atoms with Crippen LogP contribution in [0.5, 0.6) is 0 Å². The van der Waals surface area contributed by atoms with Gasteiger partial charge in [-0.05, 0) is 50.7 Å². The number of nitrogens with zero attached hydrogens (tertiary/aromatic N) is 4. The van der Waals surface area contributed by atoms with Crippen LogP contribution in [0.2, 0.25) is 0 Å². The minimum absolute atomic E-state index is 0.00723. The van der Waals surface area contributed by atoms with Crippen molar-refractivity contribution in [1.29, 1.82) is 5.26 Å². The van der Waals surface area contributed by atoms with Gasteiger partial charge >= 0.3 is 0 Å². The number of rotatable bonds is 7. The molecule has 1 N–H and O–H groups in total. The van der Waals surface area contributed by atoms with E-state index in [2.05, 4.69) is 44.0 Å². The Morgan fingerprint density at radius 2 is 1.87 bits per heavy atom. The summed E-state index contributed by atoms with van der Waals surface area (Å²) in [4.78, 5) is 15.8. The Morgan fingerprint density at radius 3 is 2.40 bits per heavy atom. The van der Waals surface area contributed by atoms with E-state index in [0.717, 1.165) is 49.3 Å². The summed E-state index contributed by atoms with van der Waals surface area (Å²) in [7, 11) is 0. The molecule has 0 spiro atoms. The van der Waals surface area contributed by atoms with Gasteiger partial charge in [0.1, 0.15) is 5.69 Å².